The number of pyridine rings is 1. The fourth-order valence-electron chi connectivity index (χ4n) is 2.84. The predicted octanol–water partition coefficient (Wildman–Crippen LogP) is 2.62. The van der Waals surface area contributed by atoms with Gasteiger partial charge in [-0.2, -0.15) is 5.10 Å². The number of nitrogens with zero attached hydrogens (tertiary/aromatic N) is 3. The zero-order valence-electron chi connectivity index (χ0n) is 13.6. The van der Waals surface area contributed by atoms with Crippen molar-refractivity contribution in [2.75, 3.05) is 7.11 Å². The maximum absolute atomic E-state index is 9.85. The Balaban J connectivity index is 2.42. The zero-order valence-corrected chi connectivity index (χ0v) is 13.6. The van der Waals surface area contributed by atoms with E-state index in [1.165, 1.54) is 0 Å². The van der Waals surface area contributed by atoms with E-state index >= 15 is 0 Å². The number of ether oxygens (including phenoxy) is 1. The molecule has 1 N–H and O–H groups in total. The van der Waals surface area contributed by atoms with Crippen LogP contribution in [0.5, 0.6) is 5.75 Å². The molecule has 2 rings (SSSR count). The van der Waals surface area contributed by atoms with Crippen LogP contribution in [0.3, 0.4) is 0 Å². The van der Waals surface area contributed by atoms with Crippen molar-refractivity contribution in [2.45, 2.75) is 47.3 Å². The minimum absolute atomic E-state index is 0.514. The van der Waals surface area contributed by atoms with Crippen molar-refractivity contribution < 1.29 is 9.84 Å². The lowest BCUT2D eigenvalue weighted by Gasteiger charge is -2.13. The Morgan fingerprint density at radius 2 is 1.95 bits per heavy atom. The third-order valence-electron chi connectivity index (χ3n) is 3.90. The molecular weight excluding hydrogens is 266 g/mol. The van der Waals surface area contributed by atoms with Gasteiger partial charge in [-0.25, -0.2) is 0 Å². The van der Waals surface area contributed by atoms with E-state index in [9.17, 15) is 5.11 Å². The average molecular weight is 289 g/mol. The van der Waals surface area contributed by atoms with Gasteiger partial charge in [-0.1, -0.05) is 0 Å². The molecule has 5 heteroatoms. The van der Waals surface area contributed by atoms with Gasteiger partial charge in [0.1, 0.15) is 5.75 Å². The highest BCUT2D eigenvalue weighted by atomic mass is 16.5. The minimum Gasteiger partial charge on any atom is -0.496 e. The van der Waals surface area contributed by atoms with Crippen LogP contribution in [0.2, 0.25) is 0 Å². The normalized spacial score (nSPS) is 12.5. The molecule has 0 aliphatic heterocycles. The quantitative estimate of drug-likeness (QED) is 0.940. The molecule has 5 nitrogen and oxygen atoms in total. The molecular formula is C16H23N3O2. The second kappa shape index (κ2) is 5.85. The van der Waals surface area contributed by atoms with E-state index in [0.717, 1.165) is 39.5 Å². The fraction of sp³-hybridized carbons (Fsp3) is 0.500. The average Bonchev–Trinajstić information content (AvgIpc) is 2.68. The molecule has 0 spiro atoms. The van der Waals surface area contributed by atoms with Crippen molar-refractivity contribution in [3.05, 3.63) is 40.0 Å². The van der Waals surface area contributed by atoms with Crippen molar-refractivity contribution in [2.24, 2.45) is 0 Å². The van der Waals surface area contributed by atoms with E-state index in [-0.39, 0.29) is 0 Å². The summed E-state index contributed by atoms with van der Waals surface area (Å²) in [6.45, 7) is 10.2. The van der Waals surface area contributed by atoms with Crippen LogP contribution < -0.4 is 4.74 Å². The van der Waals surface area contributed by atoms with Gasteiger partial charge in [0.15, 0.2) is 0 Å². The number of aryl methyl sites for hydroxylation is 2. The number of methoxy groups -OCH3 is 1. The second-order valence-corrected chi connectivity index (χ2v) is 5.46. The van der Waals surface area contributed by atoms with Gasteiger partial charge in [0.2, 0.25) is 0 Å². The molecule has 0 saturated carbocycles. The molecule has 2 aromatic heterocycles. The Kier molecular flexibility index (Phi) is 4.32. The SMILES string of the molecule is COc1c(C)cnc(Cn2nc(C)c(C(C)O)c2C)c1C. The van der Waals surface area contributed by atoms with Gasteiger partial charge in [0.05, 0.1) is 31.1 Å². The van der Waals surface area contributed by atoms with Crippen LogP contribution in [-0.2, 0) is 6.54 Å². The standard InChI is InChI=1S/C16H23N3O2/c1-9-7-17-14(10(2)16(9)21-6)8-19-12(4)15(13(5)20)11(3)18-19/h7,13,20H,8H2,1-6H3. The van der Waals surface area contributed by atoms with Crippen molar-refractivity contribution in [3.63, 3.8) is 0 Å². The molecule has 0 aromatic carbocycles. The van der Waals surface area contributed by atoms with Gasteiger partial charge in [-0.15, -0.1) is 0 Å². The highest BCUT2D eigenvalue weighted by Gasteiger charge is 2.17. The van der Waals surface area contributed by atoms with Crippen LogP contribution >= 0.6 is 0 Å². The first-order valence-corrected chi connectivity index (χ1v) is 7.07. The molecule has 0 fully saturated rings. The van der Waals surface area contributed by atoms with Gasteiger partial charge in [-0.3, -0.25) is 9.67 Å². The molecule has 0 saturated heterocycles. The summed E-state index contributed by atoms with van der Waals surface area (Å²) in [7, 11) is 1.67. The Hall–Kier alpha value is -1.88. The highest BCUT2D eigenvalue weighted by molar-refractivity contribution is 5.41. The van der Waals surface area contributed by atoms with Gasteiger partial charge in [0, 0.05) is 28.6 Å². The number of aliphatic hydroxyl groups is 1. The Morgan fingerprint density at radius 1 is 1.29 bits per heavy atom. The summed E-state index contributed by atoms with van der Waals surface area (Å²) < 4.78 is 7.33. The van der Waals surface area contributed by atoms with Crippen molar-refractivity contribution in [1.82, 2.24) is 14.8 Å². The molecule has 114 valence electrons. The van der Waals surface area contributed by atoms with Crippen LogP contribution in [0.1, 0.15) is 46.8 Å². The third-order valence-corrected chi connectivity index (χ3v) is 3.90. The topological polar surface area (TPSA) is 60.2 Å². The summed E-state index contributed by atoms with van der Waals surface area (Å²) in [5.74, 6) is 0.872. The number of hydrogen-bond donors (Lipinski definition) is 1. The van der Waals surface area contributed by atoms with Crippen molar-refractivity contribution in [1.29, 1.82) is 0 Å². The van der Waals surface area contributed by atoms with E-state index in [2.05, 4.69) is 10.1 Å². The Morgan fingerprint density at radius 3 is 2.48 bits per heavy atom. The second-order valence-electron chi connectivity index (χ2n) is 5.46. The maximum Gasteiger partial charge on any atom is 0.128 e. The molecule has 2 aromatic rings. The first-order chi connectivity index (χ1) is 9.86. The Bertz CT molecular complexity index is 660. The van der Waals surface area contributed by atoms with Gasteiger partial charge in [0.25, 0.3) is 0 Å². The number of rotatable bonds is 4. The largest absolute Gasteiger partial charge is 0.496 e. The van der Waals surface area contributed by atoms with Crippen LogP contribution in [0.25, 0.3) is 0 Å². The molecule has 0 aliphatic carbocycles. The maximum atomic E-state index is 9.85. The summed E-state index contributed by atoms with van der Waals surface area (Å²) in [5, 5.41) is 14.4. The number of aromatic nitrogens is 3. The van der Waals surface area contributed by atoms with Crippen LogP contribution in [0.15, 0.2) is 6.20 Å². The highest BCUT2D eigenvalue weighted by Crippen LogP contribution is 2.26. The molecule has 0 bridgehead atoms. The first-order valence-electron chi connectivity index (χ1n) is 7.07. The molecule has 21 heavy (non-hydrogen) atoms. The summed E-state index contributed by atoms with van der Waals surface area (Å²) in [6, 6.07) is 0. The fourth-order valence-corrected chi connectivity index (χ4v) is 2.84. The third kappa shape index (κ3) is 2.78. The number of hydrogen-bond acceptors (Lipinski definition) is 4. The lowest BCUT2D eigenvalue weighted by molar-refractivity contribution is 0.197. The van der Waals surface area contributed by atoms with E-state index in [4.69, 9.17) is 4.74 Å². The summed E-state index contributed by atoms with van der Waals surface area (Å²) >= 11 is 0. The van der Waals surface area contributed by atoms with E-state index in [1.807, 2.05) is 38.6 Å². The van der Waals surface area contributed by atoms with Gasteiger partial charge >= 0.3 is 0 Å². The molecule has 1 atom stereocenters. The lowest BCUT2D eigenvalue weighted by atomic mass is 10.1. The summed E-state index contributed by atoms with van der Waals surface area (Å²) in [5.41, 5.74) is 5.72. The number of aliphatic hydroxyl groups excluding tert-OH is 1. The molecule has 0 aliphatic rings. The summed E-state index contributed by atoms with van der Waals surface area (Å²) in [6.07, 6.45) is 1.31. The van der Waals surface area contributed by atoms with E-state index in [1.54, 1.807) is 14.0 Å². The van der Waals surface area contributed by atoms with Crippen LogP contribution in [0.4, 0.5) is 0 Å². The lowest BCUT2D eigenvalue weighted by Crippen LogP contribution is -2.09. The van der Waals surface area contributed by atoms with E-state index < -0.39 is 6.10 Å². The molecule has 0 amide bonds. The first kappa shape index (κ1) is 15.5. The van der Waals surface area contributed by atoms with E-state index in [0.29, 0.717) is 6.54 Å². The monoisotopic (exact) mass is 289 g/mol. The van der Waals surface area contributed by atoms with Gasteiger partial charge in [-0.05, 0) is 34.6 Å². The molecule has 0 radical (unpaired) electrons. The van der Waals surface area contributed by atoms with Gasteiger partial charge < -0.3 is 9.84 Å². The van der Waals surface area contributed by atoms with Crippen molar-refractivity contribution in [3.8, 4) is 5.75 Å². The molecule has 1 unspecified atom stereocenters. The zero-order chi connectivity index (χ0) is 15.7. The van der Waals surface area contributed by atoms with Crippen molar-refractivity contribution >= 4 is 0 Å². The van der Waals surface area contributed by atoms with Crippen LogP contribution in [0, 0.1) is 27.7 Å². The molecule has 2 heterocycles. The van der Waals surface area contributed by atoms with Crippen LogP contribution in [-0.4, -0.2) is 27.0 Å². The predicted molar refractivity (Wildman–Crippen MR) is 81.7 cm³/mol. The summed E-state index contributed by atoms with van der Waals surface area (Å²) in [4.78, 5) is 4.50. The Labute approximate surface area is 125 Å². The smallest absolute Gasteiger partial charge is 0.128 e. The minimum atomic E-state index is -0.514.